The van der Waals surface area contributed by atoms with Gasteiger partial charge in [-0.2, -0.15) is 0 Å². The monoisotopic (exact) mass is 400 g/mol. The summed E-state index contributed by atoms with van der Waals surface area (Å²) in [6, 6.07) is 19.8. The quantitative estimate of drug-likeness (QED) is 0.391. The molecule has 0 aliphatic heterocycles. The third-order valence-corrected chi connectivity index (χ3v) is 5.28. The van der Waals surface area contributed by atoms with Gasteiger partial charge >= 0.3 is 0 Å². The summed E-state index contributed by atoms with van der Waals surface area (Å²) in [6.07, 6.45) is 1.76. The summed E-state index contributed by atoms with van der Waals surface area (Å²) in [4.78, 5) is 5.08. The molecule has 0 aliphatic carbocycles. The maximum Gasteiger partial charge on any atom is 0.183 e. The second-order valence-electron chi connectivity index (χ2n) is 5.69. The highest BCUT2D eigenvalue weighted by molar-refractivity contribution is 7.15. The summed E-state index contributed by atoms with van der Waals surface area (Å²) in [6.45, 7) is 0.644. The normalized spacial score (nSPS) is 10.8. The van der Waals surface area contributed by atoms with Crippen molar-refractivity contribution < 1.29 is 4.74 Å². The van der Waals surface area contributed by atoms with Crippen molar-refractivity contribution in [2.45, 2.75) is 6.54 Å². The van der Waals surface area contributed by atoms with E-state index in [0.717, 1.165) is 21.7 Å². The Balaban J connectivity index is 1.48. The lowest BCUT2D eigenvalue weighted by atomic mass is 10.1. The van der Waals surface area contributed by atoms with Gasteiger partial charge in [0.05, 0.1) is 11.6 Å². The largest absolute Gasteiger partial charge is 0.456 e. The van der Waals surface area contributed by atoms with Crippen LogP contribution in [0, 0.1) is 0 Å². The third-order valence-electron chi connectivity index (χ3n) is 3.87. The molecule has 0 spiro atoms. The van der Waals surface area contributed by atoms with Gasteiger partial charge in [-0.05, 0) is 41.1 Å². The first-order valence-electron chi connectivity index (χ1n) is 7.98. The van der Waals surface area contributed by atoms with Crippen LogP contribution >= 0.6 is 34.5 Å². The minimum absolute atomic E-state index is 0.541. The first kappa shape index (κ1) is 17.2. The zero-order valence-corrected chi connectivity index (χ0v) is 15.9. The Labute approximate surface area is 165 Å². The van der Waals surface area contributed by atoms with Crippen molar-refractivity contribution in [3.8, 4) is 11.5 Å². The highest BCUT2D eigenvalue weighted by atomic mass is 35.5. The van der Waals surface area contributed by atoms with E-state index in [0.29, 0.717) is 21.8 Å². The predicted octanol–water partition coefficient (Wildman–Crippen LogP) is 7.01. The molecule has 6 heteroatoms. The zero-order chi connectivity index (χ0) is 17.9. The van der Waals surface area contributed by atoms with Crippen LogP contribution in [0.2, 0.25) is 9.49 Å². The average molecular weight is 401 g/mol. The molecule has 0 amide bonds. The molecule has 4 rings (SSSR count). The number of hydrogen-bond acceptors (Lipinski definition) is 4. The van der Waals surface area contributed by atoms with Gasteiger partial charge in [0.25, 0.3) is 0 Å². The van der Waals surface area contributed by atoms with Gasteiger partial charge in [-0.15, -0.1) is 11.3 Å². The van der Waals surface area contributed by atoms with E-state index in [9.17, 15) is 0 Å². The van der Waals surface area contributed by atoms with Crippen LogP contribution in [0.25, 0.3) is 10.8 Å². The summed E-state index contributed by atoms with van der Waals surface area (Å²) in [5.41, 5.74) is 0.908. The lowest BCUT2D eigenvalue weighted by Crippen LogP contribution is -1.97. The second-order valence-corrected chi connectivity index (χ2v) is 7.79. The van der Waals surface area contributed by atoms with Gasteiger partial charge in [0.2, 0.25) is 0 Å². The predicted molar refractivity (Wildman–Crippen MR) is 110 cm³/mol. The maximum atomic E-state index is 6.39. The molecular formula is C20H14Cl2N2OS. The van der Waals surface area contributed by atoms with Crippen LogP contribution in [-0.4, -0.2) is 4.98 Å². The highest BCUT2D eigenvalue weighted by Crippen LogP contribution is 2.33. The molecule has 0 bridgehead atoms. The van der Waals surface area contributed by atoms with E-state index in [4.69, 9.17) is 27.9 Å². The Morgan fingerprint density at radius 3 is 2.58 bits per heavy atom. The van der Waals surface area contributed by atoms with Crippen LogP contribution in [0.4, 0.5) is 5.69 Å². The Morgan fingerprint density at radius 1 is 0.962 bits per heavy atom. The third kappa shape index (κ3) is 3.93. The van der Waals surface area contributed by atoms with Crippen molar-refractivity contribution in [2.75, 3.05) is 5.32 Å². The molecule has 1 N–H and O–H groups in total. The number of hydrogen-bond donors (Lipinski definition) is 1. The lowest BCUT2D eigenvalue weighted by molar-refractivity contribution is 0.484. The molecule has 0 unspecified atom stereocenters. The van der Waals surface area contributed by atoms with Gasteiger partial charge in [0.15, 0.2) is 4.47 Å². The molecule has 1 aromatic heterocycles. The minimum Gasteiger partial charge on any atom is -0.456 e. The average Bonchev–Trinajstić information content (AvgIpc) is 3.07. The van der Waals surface area contributed by atoms with E-state index < -0.39 is 0 Å². The first-order valence-corrected chi connectivity index (χ1v) is 9.55. The number of ether oxygens (including phenoxy) is 1. The van der Waals surface area contributed by atoms with Gasteiger partial charge in [-0.25, -0.2) is 4.98 Å². The van der Waals surface area contributed by atoms with Crippen LogP contribution < -0.4 is 10.1 Å². The van der Waals surface area contributed by atoms with Crippen molar-refractivity contribution >= 4 is 51.0 Å². The summed E-state index contributed by atoms with van der Waals surface area (Å²) in [5.74, 6) is 1.37. The minimum atomic E-state index is 0.541. The van der Waals surface area contributed by atoms with Crippen molar-refractivity contribution in [3.05, 3.63) is 81.2 Å². The van der Waals surface area contributed by atoms with Crippen molar-refractivity contribution in [3.63, 3.8) is 0 Å². The van der Waals surface area contributed by atoms with Crippen LogP contribution in [0.5, 0.6) is 11.5 Å². The second kappa shape index (κ2) is 7.54. The number of benzene rings is 3. The molecule has 130 valence electrons. The summed E-state index contributed by atoms with van der Waals surface area (Å²) < 4.78 is 6.49. The van der Waals surface area contributed by atoms with E-state index in [1.807, 2.05) is 48.5 Å². The molecule has 26 heavy (non-hydrogen) atoms. The summed E-state index contributed by atoms with van der Waals surface area (Å²) in [5, 5.41) is 6.15. The van der Waals surface area contributed by atoms with Crippen molar-refractivity contribution in [1.29, 1.82) is 0 Å². The van der Waals surface area contributed by atoms with Crippen LogP contribution in [0.3, 0.4) is 0 Å². The number of thiazole rings is 1. The fraction of sp³-hybridized carbons (Fsp3) is 0.0500. The Morgan fingerprint density at radius 2 is 1.81 bits per heavy atom. The molecule has 0 atom stereocenters. The molecule has 0 saturated heterocycles. The van der Waals surface area contributed by atoms with Crippen molar-refractivity contribution in [2.24, 2.45) is 0 Å². The fourth-order valence-electron chi connectivity index (χ4n) is 2.61. The maximum absolute atomic E-state index is 6.39. The van der Waals surface area contributed by atoms with E-state index in [-0.39, 0.29) is 0 Å². The van der Waals surface area contributed by atoms with Crippen LogP contribution in [0.1, 0.15) is 4.88 Å². The fourth-order valence-corrected chi connectivity index (χ4v) is 3.74. The van der Waals surface area contributed by atoms with Gasteiger partial charge < -0.3 is 10.1 Å². The van der Waals surface area contributed by atoms with Gasteiger partial charge in [0, 0.05) is 16.8 Å². The highest BCUT2D eigenvalue weighted by Gasteiger charge is 2.06. The molecule has 0 aliphatic rings. The van der Waals surface area contributed by atoms with Crippen LogP contribution in [0.15, 0.2) is 66.9 Å². The number of nitrogens with zero attached hydrogens (tertiary/aromatic N) is 1. The Bertz CT molecular complexity index is 1060. The first-order chi connectivity index (χ1) is 12.7. The van der Waals surface area contributed by atoms with Gasteiger partial charge in [-0.1, -0.05) is 53.5 Å². The van der Waals surface area contributed by atoms with E-state index >= 15 is 0 Å². The lowest BCUT2D eigenvalue weighted by Gasteiger charge is -2.11. The van der Waals surface area contributed by atoms with Gasteiger partial charge in [0.1, 0.15) is 11.5 Å². The standard InChI is InChI=1S/C20H14Cl2N2OS/c21-18-10-15(23-11-17-12-24-20(22)26-17)6-8-19(18)25-16-7-5-13-3-1-2-4-14(13)9-16/h1-10,12,23H,11H2. The number of rotatable bonds is 5. The summed E-state index contributed by atoms with van der Waals surface area (Å²) in [7, 11) is 0. The SMILES string of the molecule is Clc1ncc(CNc2ccc(Oc3ccc4ccccc4c3)c(Cl)c2)s1. The zero-order valence-electron chi connectivity index (χ0n) is 13.6. The molecule has 3 nitrogen and oxygen atoms in total. The smallest absolute Gasteiger partial charge is 0.183 e. The molecule has 4 aromatic rings. The molecule has 3 aromatic carbocycles. The molecule has 1 heterocycles. The topological polar surface area (TPSA) is 34.2 Å². The number of anilines is 1. The number of fused-ring (bicyclic) bond motifs is 1. The van der Waals surface area contributed by atoms with Crippen molar-refractivity contribution in [1.82, 2.24) is 4.98 Å². The van der Waals surface area contributed by atoms with E-state index in [2.05, 4.69) is 22.4 Å². The molecular weight excluding hydrogens is 387 g/mol. The number of halogens is 2. The Hall–Kier alpha value is -2.27. The Kier molecular flexibility index (Phi) is 4.98. The van der Waals surface area contributed by atoms with Crippen LogP contribution in [-0.2, 0) is 6.54 Å². The molecule has 0 fully saturated rings. The van der Waals surface area contributed by atoms with E-state index in [1.165, 1.54) is 16.7 Å². The summed E-state index contributed by atoms with van der Waals surface area (Å²) >= 11 is 13.7. The number of aromatic nitrogens is 1. The molecule has 0 radical (unpaired) electrons. The van der Waals surface area contributed by atoms with Gasteiger partial charge in [-0.3, -0.25) is 0 Å². The molecule has 0 saturated carbocycles. The van der Waals surface area contributed by atoms with E-state index in [1.54, 1.807) is 6.20 Å². The number of nitrogens with one attached hydrogen (secondary N) is 1.